The number of aryl methyl sites for hydroxylation is 1. The Kier molecular flexibility index (Phi) is 2.91. The fraction of sp³-hybridized carbons (Fsp3) is 0.300. The number of thiophene rings is 1. The van der Waals surface area contributed by atoms with Crippen molar-refractivity contribution in [3.63, 3.8) is 0 Å². The average Bonchev–Trinajstić information content (AvgIpc) is 2.87. The smallest absolute Gasteiger partial charge is 0.204 e. The lowest BCUT2D eigenvalue weighted by molar-refractivity contribution is 0.0984. The van der Waals surface area contributed by atoms with Gasteiger partial charge >= 0.3 is 0 Å². The Hall–Kier alpha value is -1.49. The monoisotopic (exact) mass is 221 g/mol. The number of nitrogens with zero attached hydrogens (tertiary/aromatic N) is 2. The molecule has 78 valence electrons. The molecule has 5 heteroatoms. The number of aromatic amines is 1. The molecule has 15 heavy (non-hydrogen) atoms. The first-order chi connectivity index (χ1) is 7.29. The topological polar surface area (TPSA) is 58.6 Å². The Morgan fingerprint density at radius 3 is 2.87 bits per heavy atom. The summed E-state index contributed by atoms with van der Waals surface area (Å²) in [6.07, 6.45) is 2.76. The van der Waals surface area contributed by atoms with Crippen LogP contribution in [0, 0.1) is 0 Å². The number of nitrogens with one attached hydrogen (secondary N) is 1. The molecule has 2 rings (SSSR count). The molecule has 0 amide bonds. The van der Waals surface area contributed by atoms with E-state index in [4.69, 9.17) is 0 Å². The number of Topliss-reactive ketones (excluding diaryl/α,β-unsaturated/α-hetero) is 1. The Labute approximate surface area is 91.4 Å². The summed E-state index contributed by atoms with van der Waals surface area (Å²) in [6, 6.07) is 4.06. The lowest BCUT2D eigenvalue weighted by Crippen LogP contribution is -2.04. The van der Waals surface area contributed by atoms with E-state index in [0.29, 0.717) is 12.2 Å². The summed E-state index contributed by atoms with van der Waals surface area (Å²) < 4.78 is 0. The normalized spacial score (nSPS) is 10.5. The van der Waals surface area contributed by atoms with Crippen molar-refractivity contribution in [2.75, 3.05) is 0 Å². The van der Waals surface area contributed by atoms with Crippen molar-refractivity contribution in [1.29, 1.82) is 0 Å². The van der Waals surface area contributed by atoms with E-state index < -0.39 is 0 Å². The molecule has 0 aliphatic heterocycles. The highest BCUT2D eigenvalue weighted by Crippen LogP contribution is 2.18. The molecule has 2 aromatic heterocycles. The predicted octanol–water partition coefficient (Wildman–Crippen LogP) is 1.85. The Balaban J connectivity index is 2.06. The van der Waals surface area contributed by atoms with Gasteiger partial charge in [0.2, 0.25) is 5.78 Å². The summed E-state index contributed by atoms with van der Waals surface area (Å²) >= 11 is 1.68. The van der Waals surface area contributed by atoms with Crippen LogP contribution in [0.1, 0.15) is 27.3 Å². The third-order valence-corrected chi connectivity index (χ3v) is 3.31. The second-order valence-electron chi connectivity index (χ2n) is 3.16. The van der Waals surface area contributed by atoms with Crippen molar-refractivity contribution in [2.45, 2.75) is 19.8 Å². The molecular weight excluding hydrogens is 210 g/mol. The lowest BCUT2D eigenvalue weighted by Gasteiger charge is -1.92. The van der Waals surface area contributed by atoms with Crippen molar-refractivity contribution >= 4 is 17.1 Å². The predicted molar refractivity (Wildman–Crippen MR) is 58.1 cm³/mol. The van der Waals surface area contributed by atoms with Crippen molar-refractivity contribution in [3.05, 3.63) is 34.0 Å². The van der Waals surface area contributed by atoms with Crippen LogP contribution >= 0.6 is 11.3 Å². The maximum absolute atomic E-state index is 11.6. The van der Waals surface area contributed by atoms with Crippen LogP contribution in [0.4, 0.5) is 0 Å². The zero-order chi connectivity index (χ0) is 10.7. The Morgan fingerprint density at radius 2 is 2.27 bits per heavy atom. The number of rotatable bonds is 4. The van der Waals surface area contributed by atoms with E-state index in [2.05, 4.69) is 28.2 Å². The largest absolute Gasteiger partial charge is 0.290 e. The fourth-order valence-corrected chi connectivity index (χ4v) is 2.25. The second-order valence-corrected chi connectivity index (χ2v) is 4.41. The molecule has 4 nitrogen and oxygen atoms in total. The first-order valence-corrected chi connectivity index (χ1v) is 5.57. The summed E-state index contributed by atoms with van der Waals surface area (Å²) in [5, 5.41) is 6.22. The van der Waals surface area contributed by atoms with Crippen LogP contribution in [0.3, 0.4) is 0 Å². The van der Waals surface area contributed by atoms with E-state index in [1.54, 1.807) is 11.3 Å². The fourth-order valence-electron chi connectivity index (χ4n) is 1.29. The Bertz CT molecular complexity index is 447. The highest BCUT2D eigenvalue weighted by Gasteiger charge is 2.10. The van der Waals surface area contributed by atoms with Gasteiger partial charge in [0.25, 0.3) is 0 Å². The molecular formula is C10H11N3OS. The number of ketones is 1. The summed E-state index contributed by atoms with van der Waals surface area (Å²) in [4.78, 5) is 17.9. The lowest BCUT2D eigenvalue weighted by atomic mass is 10.2. The summed E-state index contributed by atoms with van der Waals surface area (Å²) in [6.45, 7) is 2.11. The highest BCUT2D eigenvalue weighted by atomic mass is 32.1. The van der Waals surface area contributed by atoms with E-state index in [-0.39, 0.29) is 5.78 Å². The SMILES string of the molecule is CCc1ccc(CC(=O)c2ncn[nH]2)s1. The third-order valence-electron chi connectivity index (χ3n) is 2.08. The molecule has 0 aliphatic rings. The van der Waals surface area contributed by atoms with Gasteiger partial charge in [-0.15, -0.1) is 11.3 Å². The minimum atomic E-state index is -0.0167. The second kappa shape index (κ2) is 4.35. The zero-order valence-electron chi connectivity index (χ0n) is 8.36. The van der Waals surface area contributed by atoms with Crippen LogP contribution in [-0.2, 0) is 12.8 Å². The molecule has 0 bridgehead atoms. The van der Waals surface area contributed by atoms with Crippen molar-refractivity contribution in [1.82, 2.24) is 15.2 Å². The average molecular weight is 221 g/mol. The molecule has 0 fully saturated rings. The zero-order valence-corrected chi connectivity index (χ0v) is 9.17. The molecule has 2 aromatic rings. The van der Waals surface area contributed by atoms with Crippen molar-refractivity contribution < 1.29 is 4.79 Å². The van der Waals surface area contributed by atoms with E-state index in [0.717, 1.165) is 11.3 Å². The maximum Gasteiger partial charge on any atom is 0.204 e. The van der Waals surface area contributed by atoms with E-state index in [1.807, 2.05) is 6.07 Å². The van der Waals surface area contributed by atoms with E-state index in [9.17, 15) is 4.79 Å². The number of H-pyrrole nitrogens is 1. The summed E-state index contributed by atoms with van der Waals surface area (Å²) in [5.41, 5.74) is 0. The van der Waals surface area contributed by atoms with Crippen LogP contribution in [0.25, 0.3) is 0 Å². The number of hydrogen-bond acceptors (Lipinski definition) is 4. The first-order valence-electron chi connectivity index (χ1n) is 4.75. The van der Waals surface area contributed by atoms with Gasteiger partial charge in [0.15, 0.2) is 5.82 Å². The molecule has 0 aliphatic carbocycles. The highest BCUT2D eigenvalue weighted by molar-refractivity contribution is 7.12. The third kappa shape index (κ3) is 2.30. The Morgan fingerprint density at radius 1 is 1.47 bits per heavy atom. The standard InChI is InChI=1S/C10H11N3OS/c1-2-7-3-4-8(15-7)5-9(14)10-11-6-12-13-10/h3-4,6H,2,5H2,1H3,(H,11,12,13). The van der Waals surface area contributed by atoms with Gasteiger partial charge < -0.3 is 0 Å². The molecule has 0 unspecified atom stereocenters. The van der Waals surface area contributed by atoms with Crippen LogP contribution in [0.5, 0.6) is 0 Å². The quantitative estimate of drug-likeness (QED) is 0.801. The minimum absolute atomic E-state index is 0.0167. The molecule has 0 saturated carbocycles. The summed E-state index contributed by atoms with van der Waals surface area (Å²) in [7, 11) is 0. The number of carbonyl (C=O) groups is 1. The first kappa shape index (κ1) is 10.0. The van der Waals surface area contributed by atoms with Crippen molar-refractivity contribution in [2.24, 2.45) is 0 Å². The van der Waals surface area contributed by atoms with Crippen molar-refractivity contribution in [3.8, 4) is 0 Å². The molecule has 0 saturated heterocycles. The van der Waals surface area contributed by atoms with Gasteiger partial charge in [0.05, 0.1) is 0 Å². The van der Waals surface area contributed by atoms with Gasteiger partial charge in [-0.2, -0.15) is 5.10 Å². The van der Waals surface area contributed by atoms with E-state index in [1.165, 1.54) is 11.2 Å². The van der Waals surface area contributed by atoms with Crippen LogP contribution in [-0.4, -0.2) is 21.0 Å². The van der Waals surface area contributed by atoms with Gasteiger partial charge in [-0.1, -0.05) is 6.92 Å². The maximum atomic E-state index is 11.6. The van der Waals surface area contributed by atoms with Crippen LogP contribution < -0.4 is 0 Å². The van der Waals surface area contributed by atoms with Gasteiger partial charge in [0.1, 0.15) is 6.33 Å². The van der Waals surface area contributed by atoms with Gasteiger partial charge in [-0.3, -0.25) is 9.89 Å². The van der Waals surface area contributed by atoms with Gasteiger partial charge in [-0.25, -0.2) is 4.98 Å². The number of carbonyl (C=O) groups excluding carboxylic acids is 1. The summed E-state index contributed by atoms with van der Waals surface area (Å²) in [5.74, 6) is 0.318. The molecule has 2 heterocycles. The van der Waals surface area contributed by atoms with Crippen LogP contribution in [0.2, 0.25) is 0 Å². The van der Waals surface area contributed by atoms with Gasteiger partial charge in [0, 0.05) is 16.2 Å². The minimum Gasteiger partial charge on any atom is -0.290 e. The molecule has 0 radical (unpaired) electrons. The molecule has 1 N–H and O–H groups in total. The number of hydrogen-bond donors (Lipinski definition) is 1. The molecule has 0 spiro atoms. The number of aromatic nitrogens is 3. The molecule has 0 aromatic carbocycles. The molecule has 0 atom stereocenters. The van der Waals surface area contributed by atoms with Gasteiger partial charge in [-0.05, 0) is 18.6 Å². The van der Waals surface area contributed by atoms with Crippen LogP contribution in [0.15, 0.2) is 18.5 Å². The van der Waals surface area contributed by atoms with E-state index >= 15 is 0 Å².